The smallest absolute Gasteiger partial charge is 0.351 e. The molecule has 4 heterocycles. The molecule has 0 N–H and O–H groups in total. The molecule has 176 valence electrons. The fourth-order valence-corrected chi connectivity index (χ4v) is 4.92. The van der Waals surface area contributed by atoms with Gasteiger partial charge in [-0.15, -0.1) is 0 Å². The SMILES string of the molecule is C=CC(=O)N1CCN2c3nc(=O)n(C(C)C)c4nc(-c5ccccc5F)c(Cl)c(c34)OC[C@H]2C1. The van der Waals surface area contributed by atoms with E-state index in [4.69, 9.17) is 21.3 Å². The second-order valence-corrected chi connectivity index (χ2v) is 8.99. The molecule has 5 rings (SSSR count). The molecule has 3 aromatic rings. The molecule has 10 heteroatoms. The van der Waals surface area contributed by atoms with Crippen molar-refractivity contribution >= 4 is 34.4 Å². The van der Waals surface area contributed by atoms with Crippen LogP contribution in [-0.4, -0.2) is 57.6 Å². The van der Waals surface area contributed by atoms with Gasteiger partial charge >= 0.3 is 5.69 Å². The van der Waals surface area contributed by atoms with Crippen molar-refractivity contribution in [2.24, 2.45) is 0 Å². The maximum absolute atomic E-state index is 14.7. The molecule has 0 saturated carbocycles. The predicted molar refractivity (Wildman–Crippen MR) is 128 cm³/mol. The van der Waals surface area contributed by atoms with Crippen LogP contribution >= 0.6 is 11.6 Å². The van der Waals surface area contributed by atoms with Gasteiger partial charge in [0.1, 0.15) is 28.7 Å². The van der Waals surface area contributed by atoms with Gasteiger partial charge in [0.15, 0.2) is 11.4 Å². The quantitative estimate of drug-likeness (QED) is 0.531. The highest BCUT2D eigenvalue weighted by atomic mass is 35.5. The van der Waals surface area contributed by atoms with Crippen molar-refractivity contribution in [3.8, 4) is 17.0 Å². The van der Waals surface area contributed by atoms with Crippen molar-refractivity contribution in [1.29, 1.82) is 0 Å². The Bertz CT molecular complexity index is 1390. The van der Waals surface area contributed by atoms with Gasteiger partial charge in [-0.3, -0.25) is 9.36 Å². The van der Waals surface area contributed by atoms with E-state index in [9.17, 15) is 14.0 Å². The molecular formula is C24H23ClFN5O3. The van der Waals surface area contributed by atoms with Crippen LogP contribution < -0.4 is 15.3 Å². The summed E-state index contributed by atoms with van der Waals surface area (Å²) in [6.45, 7) is 8.74. The maximum atomic E-state index is 14.7. The zero-order valence-electron chi connectivity index (χ0n) is 18.8. The van der Waals surface area contributed by atoms with E-state index < -0.39 is 11.5 Å². The molecule has 0 bridgehead atoms. The zero-order valence-corrected chi connectivity index (χ0v) is 19.5. The number of amides is 1. The summed E-state index contributed by atoms with van der Waals surface area (Å²) >= 11 is 6.78. The predicted octanol–water partition coefficient (Wildman–Crippen LogP) is 3.43. The molecule has 0 aliphatic carbocycles. The van der Waals surface area contributed by atoms with Crippen molar-refractivity contribution in [3.63, 3.8) is 0 Å². The van der Waals surface area contributed by atoms with Gasteiger partial charge in [-0.2, -0.15) is 4.98 Å². The van der Waals surface area contributed by atoms with E-state index in [1.807, 2.05) is 18.7 Å². The fraction of sp³-hybridized carbons (Fsp3) is 0.333. The molecule has 0 unspecified atom stereocenters. The van der Waals surface area contributed by atoms with Gasteiger partial charge in [0, 0.05) is 31.2 Å². The monoisotopic (exact) mass is 483 g/mol. The first-order valence-corrected chi connectivity index (χ1v) is 11.4. The minimum atomic E-state index is -0.485. The highest BCUT2D eigenvalue weighted by Crippen LogP contribution is 2.45. The third-order valence-electron chi connectivity index (χ3n) is 6.24. The molecular weight excluding hydrogens is 461 g/mol. The minimum absolute atomic E-state index is 0.147. The van der Waals surface area contributed by atoms with Crippen LogP contribution in [0.4, 0.5) is 10.2 Å². The lowest BCUT2D eigenvalue weighted by atomic mass is 10.1. The van der Waals surface area contributed by atoms with E-state index in [-0.39, 0.29) is 40.9 Å². The van der Waals surface area contributed by atoms with Crippen LogP contribution in [0.1, 0.15) is 19.9 Å². The van der Waals surface area contributed by atoms with E-state index in [1.165, 1.54) is 16.7 Å². The third kappa shape index (κ3) is 3.42. The normalized spacial score (nSPS) is 17.4. The van der Waals surface area contributed by atoms with Crippen molar-refractivity contribution < 1.29 is 13.9 Å². The van der Waals surface area contributed by atoms with Crippen LogP contribution in [0.15, 0.2) is 41.7 Å². The standard InChI is InChI=1S/C24H23ClFN5O3/c1-4-17(32)29-9-10-30-14(11-29)12-34-21-18-22(30)28-24(33)31(13(2)3)23(18)27-20(19(21)25)15-7-5-6-8-16(15)26/h4-8,13-14H,1,9-12H2,2-3H3/t14-/m1/s1. The molecule has 1 saturated heterocycles. The van der Waals surface area contributed by atoms with Gasteiger partial charge < -0.3 is 14.5 Å². The van der Waals surface area contributed by atoms with E-state index in [0.29, 0.717) is 42.2 Å². The number of hydrogen-bond acceptors (Lipinski definition) is 6. The summed E-state index contributed by atoms with van der Waals surface area (Å²) in [6.07, 6.45) is 1.28. The Morgan fingerprint density at radius 1 is 1.29 bits per heavy atom. The molecule has 8 nitrogen and oxygen atoms in total. The fourth-order valence-electron chi connectivity index (χ4n) is 4.62. The summed E-state index contributed by atoms with van der Waals surface area (Å²) in [6, 6.07) is 5.67. The number of benzene rings is 1. The number of fused-ring (bicyclic) bond motifs is 2. The highest BCUT2D eigenvalue weighted by molar-refractivity contribution is 6.36. The van der Waals surface area contributed by atoms with Crippen LogP contribution in [-0.2, 0) is 4.79 Å². The molecule has 34 heavy (non-hydrogen) atoms. The van der Waals surface area contributed by atoms with E-state index >= 15 is 0 Å². The first kappa shape index (κ1) is 22.3. The number of ether oxygens (including phenoxy) is 1. The largest absolute Gasteiger partial charge is 0.489 e. The third-order valence-corrected chi connectivity index (χ3v) is 6.59. The molecule has 2 aliphatic rings. The Morgan fingerprint density at radius 3 is 2.76 bits per heavy atom. The Labute approximate surface area is 200 Å². The Kier molecular flexibility index (Phi) is 5.51. The van der Waals surface area contributed by atoms with Gasteiger partial charge in [-0.05, 0) is 32.1 Å². The number of carbonyl (C=O) groups excluding carboxylic acids is 1. The van der Waals surface area contributed by atoms with E-state index in [0.717, 1.165) is 0 Å². The minimum Gasteiger partial charge on any atom is -0.489 e. The number of nitrogens with zero attached hydrogens (tertiary/aromatic N) is 5. The summed E-state index contributed by atoms with van der Waals surface area (Å²) in [5.41, 5.74) is 0.257. The second-order valence-electron chi connectivity index (χ2n) is 8.61. The number of rotatable bonds is 3. The van der Waals surface area contributed by atoms with Crippen LogP contribution in [0.2, 0.25) is 5.02 Å². The molecule has 1 amide bonds. The lowest BCUT2D eigenvalue weighted by Gasteiger charge is -2.40. The zero-order chi connectivity index (χ0) is 24.1. The molecule has 1 aromatic carbocycles. The van der Waals surface area contributed by atoms with Gasteiger partial charge in [0.25, 0.3) is 0 Å². The Hall–Kier alpha value is -3.46. The number of halogens is 2. The number of piperazine rings is 1. The van der Waals surface area contributed by atoms with Gasteiger partial charge in [0.05, 0.1) is 11.7 Å². The lowest BCUT2D eigenvalue weighted by Crippen LogP contribution is -2.56. The number of aromatic nitrogens is 3. The lowest BCUT2D eigenvalue weighted by molar-refractivity contribution is -0.126. The van der Waals surface area contributed by atoms with Crippen LogP contribution in [0.5, 0.6) is 5.75 Å². The Morgan fingerprint density at radius 2 is 2.06 bits per heavy atom. The number of hydrogen-bond donors (Lipinski definition) is 0. The molecule has 0 spiro atoms. The van der Waals surface area contributed by atoms with Gasteiger partial charge in [0.2, 0.25) is 5.91 Å². The number of anilines is 1. The highest BCUT2D eigenvalue weighted by Gasteiger charge is 2.37. The van der Waals surface area contributed by atoms with Crippen molar-refractivity contribution in [2.75, 3.05) is 31.1 Å². The summed E-state index contributed by atoms with van der Waals surface area (Å²) in [7, 11) is 0. The number of carbonyl (C=O) groups is 1. The van der Waals surface area contributed by atoms with Crippen LogP contribution in [0.3, 0.4) is 0 Å². The molecule has 1 atom stereocenters. The molecule has 1 fully saturated rings. The summed E-state index contributed by atoms with van der Waals surface area (Å²) in [5.74, 6) is 0.0597. The van der Waals surface area contributed by atoms with Gasteiger partial charge in [-0.25, -0.2) is 14.2 Å². The summed E-state index contributed by atoms with van der Waals surface area (Å²) in [4.78, 5) is 38.1. The van der Waals surface area contributed by atoms with Crippen LogP contribution in [0, 0.1) is 5.82 Å². The van der Waals surface area contributed by atoms with Crippen molar-refractivity contribution in [2.45, 2.75) is 25.9 Å². The topological polar surface area (TPSA) is 80.6 Å². The Balaban J connectivity index is 1.78. The summed E-state index contributed by atoms with van der Waals surface area (Å²) in [5, 5.41) is 0.651. The molecule has 0 radical (unpaired) electrons. The first-order valence-electron chi connectivity index (χ1n) is 11.0. The molecule has 2 aromatic heterocycles. The average Bonchev–Trinajstić information content (AvgIpc) is 2.98. The first-order chi connectivity index (χ1) is 16.3. The van der Waals surface area contributed by atoms with Crippen molar-refractivity contribution in [1.82, 2.24) is 19.4 Å². The van der Waals surface area contributed by atoms with Crippen LogP contribution in [0.25, 0.3) is 22.3 Å². The maximum Gasteiger partial charge on any atom is 0.351 e. The van der Waals surface area contributed by atoms with Gasteiger partial charge in [-0.1, -0.05) is 30.3 Å². The van der Waals surface area contributed by atoms with E-state index in [2.05, 4.69) is 11.6 Å². The second kappa shape index (κ2) is 8.39. The average molecular weight is 484 g/mol. The summed E-state index contributed by atoms with van der Waals surface area (Å²) < 4.78 is 22.4. The van der Waals surface area contributed by atoms with Crippen molar-refractivity contribution in [3.05, 3.63) is 58.2 Å². The van der Waals surface area contributed by atoms with E-state index in [1.54, 1.807) is 23.1 Å². The molecule has 2 aliphatic heterocycles. The number of pyridine rings is 1.